The number of carbonyl (C=O) groups excluding carboxylic acids is 1. The number of carboxylic acids is 1. The second-order valence-electron chi connectivity index (χ2n) is 31.1. The van der Waals surface area contributed by atoms with Crippen LogP contribution in [0.3, 0.4) is 0 Å². The number of rotatable bonds is 16. The average molecular weight is 1350 g/mol. The summed E-state index contributed by atoms with van der Waals surface area (Å²) in [6.07, 6.45) is -41.1. The van der Waals surface area contributed by atoms with E-state index in [1.807, 2.05) is 13.8 Å². The molecule has 0 aromatic rings. The van der Waals surface area contributed by atoms with Crippen LogP contribution >= 0.6 is 0 Å². The standard InChI is InChI=1S/C64H102O30/c1-11-25(2)50(80)87-34-20-57(4,5)18-31-63-17-13-30-59(8)15-14-33(58(6,7)29(59)12-16-60(30,9)61(63,10)19-32(68)64(31,34)56(81)94-63)88-54-47(93-51-41(75)38(72)36(70)27(21-65)85-51)43(42(76)44(90-54)49(78)79)89-53-46(40(74)37(71)28(22-66)86-53)91-52-45(39(73)35(69)26(3)84-52)92-55-48(77)62(82,23-67)24-83-55/h11,26-48,51-56,65-77,81-82H,12-24H2,1-10H3,(H,78,79)/b25-11-/t26-,27+,28+,29?,30?,31-,32+,33-,34-,35-,36-,37-,38-,39+,40-,41+,42-,43-,44-,45+,46+,47+,48-,51-,52-,53-,54+,55-,56+,59-,60+,61-,62+,63-,64+/m0/s1. The molecule has 5 saturated carbocycles. The van der Waals surface area contributed by atoms with Crippen molar-refractivity contribution in [3.8, 4) is 0 Å². The van der Waals surface area contributed by atoms with Crippen LogP contribution < -0.4 is 0 Å². The van der Waals surface area contributed by atoms with E-state index in [2.05, 4.69) is 34.6 Å². The molecule has 6 saturated heterocycles. The van der Waals surface area contributed by atoms with Gasteiger partial charge in [0.2, 0.25) is 0 Å². The van der Waals surface area contributed by atoms with Gasteiger partial charge >= 0.3 is 11.9 Å². The molecule has 5 aliphatic carbocycles. The summed E-state index contributed by atoms with van der Waals surface area (Å²) in [5.41, 5.74) is -6.94. The normalized spacial score (nSPS) is 54.6. The number of aliphatic carboxylic acids is 1. The van der Waals surface area contributed by atoms with Crippen LogP contribution in [0.1, 0.15) is 127 Å². The van der Waals surface area contributed by atoms with E-state index in [1.165, 1.54) is 6.92 Å². The van der Waals surface area contributed by atoms with Crippen molar-refractivity contribution >= 4 is 11.9 Å². The molecule has 0 aromatic carbocycles. The van der Waals surface area contributed by atoms with Crippen molar-refractivity contribution < 1.29 is 148 Å². The smallest absolute Gasteiger partial charge is 0.335 e. The number of hydrogen-bond acceptors (Lipinski definition) is 29. The summed E-state index contributed by atoms with van der Waals surface area (Å²) >= 11 is 0. The maximum atomic E-state index is 13.6. The zero-order valence-corrected chi connectivity index (χ0v) is 54.9. The summed E-state index contributed by atoms with van der Waals surface area (Å²) in [6, 6.07) is 0. The molecule has 30 nitrogen and oxygen atoms in total. The molecule has 0 amide bonds. The summed E-state index contributed by atoms with van der Waals surface area (Å²) in [6.45, 7) is 16.2. The fourth-order valence-electron chi connectivity index (χ4n) is 19.9. The summed E-state index contributed by atoms with van der Waals surface area (Å²) in [4.78, 5) is 27.0. The maximum absolute atomic E-state index is 13.6. The maximum Gasteiger partial charge on any atom is 0.335 e. The highest BCUT2D eigenvalue weighted by Crippen LogP contribution is 2.81. The molecule has 11 rings (SSSR count). The Balaban J connectivity index is 0.909. The van der Waals surface area contributed by atoms with Gasteiger partial charge in [-0.3, -0.25) is 0 Å². The SMILES string of the molecule is C/C=C(/C)C(=O)O[C@H]1CC(C)(C)C[C@@H]2[C@@]13[C@H](O)C[C@]1(C)[C@@]2(CCC2[C@@]4(C)CC[C@H](O[C@@H]5O[C@H](C(=O)O)[C@@H](O)[C@H](O[C@@H]6O[C@H](CO)[C@H](O)[C@H](O)[C@H]6O[C@@H]6O[C@@H](C)[C@H](O)[C@@H](O)[C@H]6O[C@@H]6OC[C@](O)(CO)[C@H]6O)[C@H]5O[C@@H]5O[C@H](CO)[C@H](O)[C@H](O)[C@H]5O)C(C)(C)C4CC[C@]21C)O[C@H]3O. The molecule has 30 heteroatoms. The minimum Gasteiger partial charge on any atom is -0.479 e. The number of aliphatic hydroxyl groups excluding tert-OH is 14. The highest BCUT2D eigenvalue weighted by Gasteiger charge is 2.84. The van der Waals surface area contributed by atoms with Crippen LogP contribution in [0.25, 0.3) is 0 Å². The van der Waals surface area contributed by atoms with E-state index >= 15 is 0 Å². The van der Waals surface area contributed by atoms with Gasteiger partial charge in [-0.25, -0.2) is 9.59 Å². The third kappa shape index (κ3) is 11.2. The molecular formula is C64H102O30. The highest BCUT2D eigenvalue weighted by molar-refractivity contribution is 5.87. The van der Waals surface area contributed by atoms with Gasteiger partial charge in [0, 0.05) is 16.9 Å². The number of allylic oxidation sites excluding steroid dienone is 1. The van der Waals surface area contributed by atoms with Gasteiger partial charge in [0.15, 0.2) is 43.8 Å². The largest absolute Gasteiger partial charge is 0.479 e. The Morgan fingerprint density at radius 1 is 0.574 bits per heavy atom. The molecule has 2 bridgehead atoms. The van der Waals surface area contributed by atoms with Gasteiger partial charge in [-0.2, -0.15) is 0 Å². The molecule has 11 aliphatic rings. The molecule has 0 radical (unpaired) electrons. The van der Waals surface area contributed by atoms with Crippen LogP contribution in [0.5, 0.6) is 0 Å². The number of aliphatic hydroxyl groups is 15. The van der Waals surface area contributed by atoms with Gasteiger partial charge < -0.3 is 139 Å². The molecule has 2 unspecified atom stereocenters. The quantitative estimate of drug-likeness (QED) is 0.0417. The first-order valence-electron chi connectivity index (χ1n) is 33.2. The van der Waals surface area contributed by atoms with E-state index in [9.17, 15) is 91.3 Å². The zero-order chi connectivity index (χ0) is 68.9. The van der Waals surface area contributed by atoms with Crippen LogP contribution in [-0.4, -0.2) is 291 Å². The molecule has 94 heavy (non-hydrogen) atoms. The van der Waals surface area contributed by atoms with Gasteiger partial charge in [0.1, 0.15) is 103 Å². The Morgan fingerprint density at radius 3 is 1.77 bits per heavy atom. The molecule has 16 N–H and O–H groups in total. The van der Waals surface area contributed by atoms with Gasteiger partial charge in [0.05, 0.1) is 55.8 Å². The summed E-state index contributed by atoms with van der Waals surface area (Å²) < 4.78 is 74.9. The third-order valence-electron chi connectivity index (χ3n) is 25.4. The Bertz CT molecular complexity index is 2760. The molecule has 11 fully saturated rings. The van der Waals surface area contributed by atoms with Crippen LogP contribution in [0.15, 0.2) is 11.6 Å². The predicted molar refractivity (Wildman–Crippen MR) is 314 cm³/mol. The Hall–Kier alpha value is -2.36. The third-order valence-corrected chi connectivity index (χ3v) is 25.4. The van der Waals surface area contributed by atoms with Crippen LogP contribution in [0.2, 0.25) is 0 Å². The lowest BCUT2D eigenvalue weighted by molar-refractivity contribution is -0.409. The molecule has 35 atom stereocenters. The molecule has 538 valence electrons. The van der Waals surface area contributed by atoms with Crippen molar-refractivity contribution in [2.75, 3.05) is 26.4 Å². The molecule has 6 aliphatic heterocycles. The minimum absolute atomic E-state index is 0.00991. The lowest BCUT2D eigenvalue weighted by Gasteiger charge is -2.75. The Labute approximate surface area is 544 Å². The number of fused-ring (bicyclic) bond motifs is 4. The van der Waals surface area contributed by atoms with E-state index in [0.29, 0.717) is 56.9 Å². The molecular weight excluding hydrogens is 1250 g/mol. The minimum atomic E-state index is -2.34. The zero-order valence-electron chi connectivity index (χ0n) is 54.9. The van der Waals surface area contributed by atoms with Crippen molar-refractivity contribution in [3.05, 3.63) is 11.6 Å². The number of hydrogen-bond donors (Lipinski definition) is 16. The first-order chi connectivity index (χ1) is 43.9. The molecule has 1 spiro atoms. The fourth-order valence-corrected chi connectivity index (χ4v) is 19.9. The Morgan fingerprint density at radius 2 is 1.15 bits per heavy atom. The van der Waals surface area contributed by atoms with E-state index in [1.54, 1.807) is 19.9 Å². The first kappa shape index (κ1) is 72.9. The Kier molecular flexibility index (Phi) is 20.1. The molecule has 0 aromatic heterocycles. The fraction of sp³-hybridized carbons (Fsp3) is 0.938. The van der Waals surface area contributed by atoms with Crippen LogP contribution in [-0.2, 0) is 66.4 Å². The van der Waals surface area contributed by atoms with Crippen molar-refractivity contribution in [3.63, 3.8) is 0 Å². The summed E-state index contributed by atoms with van der Waals surface area (Å²) in [5.74, 6) is -2.82. The second kappa shape index (κ2) is 25.9. The van der Waals surface area contributed by atoms with Gasteiger partial charge in [0.25, 0.3) is 0 Å². The monoisotopic (exact) mass is 1350 g/mol. The van der Waals surface area contributed by atoms with Gasteiger partial charge in [-0.1, -0.05) is 54.5 Å². The lowest BCUT2D eigenvalue weighted by atomic mass is 9.30. The topological polar surface area (TPSA) is 469 Å². The van der Waals surface area contributed by atoms with Gasteiger partial charge in [-0.15, -0.1) is 0 Å². The summed E-state index contributed by atoms with van der Waals surface area (Å²) in [5, 5.41) is 180. The van der Waals surface area contributed by atoms with E-state index < -0.39 is 236 Å². The predicted octanol–water partition coefficient (Wildman–Crippen LogP) is -2.96. The number of esters is 1. The van der Waals surface area contributed by atoms with Crippen LogP contribution in [0.4, 0.5) is 0 Å². The average Bonchev–Trinajstić information content (AvgIpc) is 1.38. The van der Waals surface area contributed by atoms with Crippen molar-refractivity contribution in [2.24, 2.45) is 50.2 Å². The van der Waals surface area contributed by atoms with Crippen molar-refractivity contribution in [1.82, 2.24) is 0 Å². The van der Waals surface area contributed by atoms with E-state index in [4.69, 9.17) is 56.8 Å². The first-order valence-corrected chi connectivity index (χ1v) is 33.2. The molecule has 6 heterocycles. The number of carbonyl (C=O) groups is 2. The number of ether oxygens (including phenoxy) is 12. The van der Waals surface area contributed by atoms with Gasteiger partial charge in [-0.05, 0) is 112 Å². The summed E-state index contributed by atoms with van der Waals surface area (Å²) in [7, 11) is 0. The highest BCUT2D eigenvalue weighted by atomic mass is 16.8. The van der Waals surface area contributed by atoms with E-state index in [0.717, 1.165) is 0 Å². The van der Waals surface area contributed by atoms with Crippen molar-refractivity contribution in [2.45, 2.75) is 298 Å². The lowest BCUT2D eigenvalue weighted by Crippen LogP contribution is -2.75. The van der Waals surface area contributed by atoms with Crippen LogP contribution in [0, 0.1) is 50.2 Å². The van der Waals surface area contributed by atoms with Crippen molar-refractivity contribution in [1.29, 1.82) is 0 Å². The van der Waals surface area contributed by atoms with E-state index in [-0.39, 0.29) is 29.6 Å². The second-order valence-corrected chi connectivity index (χ2v) is 31.1. The number of carboxylic acid groups (broad SMARTS) is 1.